The van der Waals surface area contributed by atoms with Gasteiger partial charge in [0.25, 0.3) is 0 Å². The third-order valence-electron chi connectivity index (χ3n) is 2.55. The molecule has 1 aromatic heterocycles. The van der Waals surface area contributed by atoms with E-state index in [0.717, 1.165) is 17.7 Å². The monoisotopic (exact) mass is 445 g/mol. The summed E-state index contributed by atoms with van der Waals surface area (Å²) in [5, 5.41) is 6.75. The number of hydrogen-bond acceptors (Lipinski definition) is 1. The fourth-order valence-corrected chi connectivity index (χ4v) is 1.78. The summed E-state index contributed by atoms with van der Waals surface area (Å²) < 4.78 is 7.61. The molecule has 2 rings (SSSR count). The molecule has 0 saturated heterocycles. The molecule has 0 aliphatic rings. The van der Waals surface area contributed by atoms with Crippen LogP contribution in [-0.2, 0) is 26.5 Å². The Balaban J connectivity index is 0. The minimum absolute atomic E-state index is 0. The molecule has 2 aromatic rings. The van der Waals surface area contributed by atoms with Gasteiger partial charge in [-0.05, 0) is 11.8 Å². The smallest absolute Gasteiger partial charge is 0.817 e. The summed E-state index contributed by atoms with van der Waals surface area (Å²) in [5.41, 5.74) is 4.39. The van der Waals surface area contributed by atoms with Crippen molar-refractivity contribution in [2.24, 2.45) is 0 Å². The van der Waals surface area contributed by atoms with Gasteiger partial charge < -0.3 is 17.0 Å². The second kappa shape index (κ2) is 12.5. The minimum Gasteiger partial charge on any atom is -0.817 e. The van der Waals surface area contributed by atoms with Gasteiger partial charge in [0.2, 0.25) is 0 Å². The van der Waals surface area contributed by atoms with Crippen LogP contribution in [-0.4, -0.2) is 11.7 Å². The molecule has 3 heteroatoms. The summed E-state index contributed by atoms with van der Waals surface area (Å²) in [4.78, 5) is 4.31. The summed E-state index contributed by atoms with van der Waals surface area (Å²) in [6.45, 7) is 13.5. The number of pyridine rings is 1. The van der Waals surface area contributed by atoms with Crippen LogP contribution in [0.5, 0.6) is 0 Å². The van der Waals surface area contributed by atoms with Gasteiger partial charge in [0.1, 0.15) is 0 Å². The minimum atomic E-state index is 0. The molecule has 0 atom stereocenters. The second-order valence-corrected chi connectivity index (χ2v) is 3.51. The zero-order valence-electron chi connectivity index (χ0n) is 12.8. The molecular weight excluding hydrogens is 424 g/mol. The van der Waals surface area contributed by atoms with E-state index in [0.29, 0.717) is 6.04 Å². The van der Waals surface area contributed by atoms with E-state index in [1.165, 1.54) is 11.1 Å². The number of aromatic nitrogens is 1. The predicted molar refractivity (Wildman–Crippen MR) is 83.0 cm³/mol. The molecule has 0 unspecified atom stereocenters. The van der Waals surface area contributed by atoms with Crippen LogP contribution in [0.25, 0.3) is 16.7 Å². The predicted octanol–water partition coefficient (Wildman–Crippen LogP) is 4.28. The number of nitrogens with zero attached hydrogens (tertiary/aromatic N) is 2. The van der Waals surface area contributed by atoms with Crippen molar-refractivity contribution in [3.05, 3.63) is 72.3 Å². The van der Waals surface area contributed by atoms with Gasteiger partial charge in [-0.15, -0.1) is 34.9 Å². The molecular formula is C17H19IrN2. The van der Waals surface area contributed by atoms with E-state index >= 15 is 0 Å². The van der Waals surface area contributed by atoms with Crippen molar-refractivity contribution in [3.63, 3.8) is 0 Å². The average molecular weight is 445 g/mol. The molecule has 0 aliphatic heterocycles. The van der Waals surface area contributed by atoms with Gasteiger partial charge in [-0.3, -0.25) is 6.58 Å². The van der Waals surface area contributed by atoms with Crippen LogP contribution < -0.4 is 0 Å². The molecule has 0 amide bonds. The van der Waals surface area contributed by atoms with Crippen molar-refractivity contribution in [3.8, 4) is 11.3 Å². The first kappa shape index (κ1) is 18.4. The molecule has 0 radical (unpaired) electrons. The van der Waals surface area contributed by atoms with Crippen LogP contribution in [0.2, 0.25) is 0 Å². The van der Waals surface area contributed by atoms with E-state index < -0.39 is 0 Å². The summed E-state index contributed by atoms with van der Waals surface area (Å²) in [5.74, 6) is 0. The third kappa shape index (κ3) is 5.60. The van der Waals surface area contributed by atoms with Gasteiger partial charge >= 0.3 is 20.1 Å². The summed E-state index contributed by atoms with van der Waals surface area (Å²) in [6, 6.07) is 11.2. The molecule has 2 nitrogen and oxygen atoms in total. The van der Waals surface area contributed by atoms with Gasteiger partial charge in [-0.25, -0.2) is 6.72 Å². The average Bonchev–Trinajstić information content (AvgIpc) is 2.51. The zero-order valence-corrected chi connectivity index (χ0v) is 14.2. The van der Waals surface area contributed by atoms with Gasteiger partial charge in [0.15, 0.2) is 0 Å². The van der Waals surface area contributed by atoms with Crippen molar-refractivity contribution in [1.82, 2.24) is 4.98 Å². The Kier molecular flexibility index (Phi) is 11.5. The van der Waals surface area contributed by atoms with Crippen LogP contribution in [0, 0.1) is 19.6 Å². The van der Waals surface area contributed by atoms with E-state index in [1.54, 1.807) is 18.3 Å². The Hall–Kier alpha value is -1.57. The Morgan fingerprint density at radius 3 is 2.60 bits per heavy atom. The molecule has 1 heterocycles. The van der Waals surface area contributed by atoms with Crippen LogP contribution in [0.3, 0.4) is 0 Å². The van der Waals surface area contributed by atoms with Crippen molar-refractivity contribution in [2.45, 2.75) is 20.3 Å². The van der Waals surface area contributed by atoms with Crippen molar-refractivity contribution in [1.29, 1.82) is 0 Å². The van der Waals surface area contributed by atoms with Crippen molar-refractivity contribution < 1.29 is 21.5 Å². The van der Waals surface area contributed by atoms with Gasteiger partial charge in [-0.1, -0.05) is 32.4 Å². The molecule has 0 saturated carbocycles. The largest absolute Gasteiger partial charge is 3.00 e. The molecule has 0 spiro atoms. The summed E-state index contributed by atoms with van der Waals surface area (Å²) >= 11 is 0. The Morgan fingerprint density at radius 1 is 1.40 bits per heavy atom. The molecule has 0 N–H and O–H groups in total. The fourth-order valence-electron chi connectivity index (χ4n) is 1.78. The second-order valence-electron chi connectivity index (χ2n) is 3.51. The quantitative estimate of drug-likeness (QED) is 0.503. The van der Waals surface area contributed by atoms with Crippen LogP contribution >= 0.6 is 0 Å². The summed E-state index contributed by atoms with van der Waals surface area (Å²) in [6.07, 6.45) is 2.63. The van der Waals surface area contributed by atoms with E-state index in [1.807, 2.05) is 6.07 Å². The van der Waals surface area contributed by atoms with Crippen LogP contribution in [0.4, 0.5) is 0 Å². The fraction of sp³-hybridized carbons (Fsp3) is 0.176. The third-order valence-corrected chi connectivity index (χ3v) is 2.55. The first-order valence-electron chi connectivity index (χ1n) is 6.38. The van der Waals surface area contributed by atoms with Crippen LogP contribution in [0.15, 0.2) is 43.1 Å². The molecule has 0 fully saturated rings. The standard InChI is InChI=1S/C14H14N.C2H3.CH2N.Ir/c1-3-12-11(2)7-6-8-13(12)14-9-4-5-10-15-14;2*1-2;/h4-7,9-10H,3H2,1-2H3;1H,2H2;1H2;/q3*-1;+3/i4D;;;. The molecule has 0 bridgehead atoms. The number of aryl methyl sites for hydroxylation is 1. The van der Waals surface area contributed by atoms with Crippen molar-refractivity contribution in [2.75, 3.05) is 0 Å². The van der Waals surface area contributed by atoms with E-state index in [9.17, 15) is 0 Å². The molecule has 106 valence electrons. The SMILES string of the molecule is C=[N-].[2H]c1ccnc(-c2[c-]ccc(C)c2CC)c1.[CH-]=C.[Ir+3]. The van der Waals surface area contributed by atoms with Gasteiger partial charge in [0.05, 0.1) is 1.37 Å². The topological polar surface area (TPSA) is 35.2 Å². The maximum Gasteiger partial charge on any atom is 3.00 e. The molecule has 0 aliphatic carbocycles. The maximum absolute atomic E-state index is 7.61. The first-order chi connectivity index (χ1) is 9.72. The van der Waals surface area contributed by atoms with E-state index in [-0.39, 0.29) is 20.1 Å². The zero-order chi connectivity index (χ0) is 15.5. The molecule has 1 aromatic carbocycles. The van der Waals surface area contributed by atoms with Crippen LogP contribution in [0.1, 0.15) is 19.4 Å². The van der Waals surface area contributed by atoms with Gasteiger partial charge in [0, 0.05) is 6.20 Å². The van der Waals surface area contributed by atoms with Gasteiger partial charge in [-0.2, -0.15) is 0 Å². The van der Waals surface area contributed by atoms with E-state index in [2.05, 4.69) is 50.8 Å². The Bertz CT molecular complexity index is 542. The number of benzene rings is 1. The Labute approximate surface area is 137 Å². The van der Waals surface area contributed by atoms with E-state index in [4.69, 9.17) is 6.78 Å². The summed E-state index contributed by atoms with van der Waals surface area (Å²) in [7, 11) is 0. The number of rotatable bonds is 2. The first-order valence-corrected chi connectivity index (χ1v) is 5.88. The molecule has 20 heavy (non-hydrogen) atoms. The maximum atomic E-state index is 7.61. The Morgan fingerprint density at radius 2 is 2.05 bits per heavy atom. The van der Waals surface area contributed by atoms with Crippen molar-refractivity contribution >= 4 is 6.72 Å². The normalized spacial score (nSPS) is 8.80. The number of hydrogen-bond donors (Lipinski definition) is 0.